The van der Waals surface area contributed by atoms with Crippen LogP contribution in [0.3, 0.4) is 0 Å². The summed E-state index contributed by atoms with van der Waals surface area (Å²) < 4.78 is 4.88. The molecule has 0 fully saturated rings. The van der Waals surface area contributed by atoms with Crippen molar-refractivity contribution >= 4 is 23.4 Å². The zero-order valence-electron chi connectivity index (χ0n) is 22.2. The summed E-state index contributed by atoms with van der Waals surface area (Å²) in [5.74, 6) is 0.434. The first kappa shape index (κ1) is 28.9. The second kappa shape index (κ2) is 12.5. The maximum absolute atomic E-state index is 2.69. The minimum Gasteiger partial charge on any atom is -1.00 e. The van der Waals surface area contributed by atoms with Gasteiger partial charge in [0.25, 0.3) is 0 Å². The smallest absolute Gasteiger partial charge is 1.00 e. The summed E-state index contributed by atoms with van der Waals surface area (Å²) in [4.78, 5) is 1.38. The van der Waals surface area contributed by atoms with Crippen LogP contribution in [0.1, 0.15) is 34.1 Å². The summed E-state index contributed by atoms with van der Waals surface area (Å²) in [6.45, 7) is 2.42. The van der Waals surface area contributed by atoms with E-state index in [1.807, 2.05) is 11.3 Å². The number of fused-ring (bicyclic) bond motifs is 3. The zero-order chi connectivity index (χ0) is 25.5. The molecule has 0 saturated carbocycles. The summed E-state index contributed by atoms with van der Waals surface area (Å²) >= 11 is -0.847. The number of hydrogen-bond acceptors (Lipinski definition) is 1. The molecule has 0 bridgehead atoms. The van der Waals surface area contributed by atoms with E-state index in [4.69, 9.17) is 0 Å². The van der Waals surface area contributed by atoms with E-state index in [0.717, 1.165) is 6.42 Å². The molecule has 4 aromatic carbocycles. The van der Waals surface area contributed by atoms with Crippen molar-refractivity contribution in [3.8, 4) is 11.1 Å². The van der Waals surface area contributed by atoms with Crippen molar-refractivity contribution < 1.29 is 46.1 Å². The van der Waals surface area contributed by atoms with Gasteiger partial charge in [-0.05, 0) is 0 Å². The van der Waals surface area contributed by atoms with Crippen molar-refractivity contribution in [2.45, 2.75) is 13.3 Å². The molecule has 7 rings (SSSR count). The van der Waals surface area contributed by atoms with E-state index in [0.29, 0.717) is 5.92 Å². The molecule has 2 aliphatic rings. The predicted molar refractivity (Wildman–Crippen MR) is 160 cm³/mol. The summed E-state index contributed by atoms with van der Waals surface area (Å²) in [7, 11) is 0. The van der Waals surface area contributed by atoms with Gasteiger partial charge in [0.15, 0.2) is 0 Å². The summed E-state index contributed by atoms with van der Waals surface area (Å²) in [6.07, 6.45) is 6.11. The maximum Gasteiger partial charge on any atom is -1.00 e. The molecule has 0 spiro atoms. The van der Waals surface area contributed by atoms with Crippen molar-refractivity contribution in [2.24, 2.45) is 5.92 Å². The van der Waals surface area contributed by atoms with Gasteiger partial charge >= 0.3 is 238 Å². The van der Waals surface area contributed by atoms with E-state index in [1.54, 1.807) is 15.3 Å². The third kappa shape index (κ3) is 5.24. The molecule has 40 heavy (non-hydrogen) atoms. The Bertz CT molecular complexity index is 1690. The molecule has 0 N–H and O–H groups in total. The number of thiophene rings is 1. The van der Waals surface area contributed by atoms with Crippen LogP contribution in [0.2, 0.25) is 0 Å². The van der Waals surface area contributed by atoms with E-state index < -0.39 is 21.3 Å². The molecular formula is C36H28Cl2SZr. The second-order valence-corrected chi connectivity index (χ2v) is 16.9. The molecule has 196 valence electrons. The van der Waals surface area contributed by atoms with Crippen LogP contribution in [0.15, 0.2) is 136 Å². The quantitative estimate of drug-likeness (QED) is 0.268. The SMILES string of the molecule is CC1C=C(c2cccs2)C=[C]1[Zr+2](=[C](c1ccccc1)c1ccccc1)[c]1cccc2c1Cc1ccccc1-2.[Cl-].[Cl-]. The van der Waals surface area contributed by atoms with Crippen LogP contribution in [-0.4, -0.2) is 3.21 Å². The van der Waals surface area contributed by atoms with Crippen LogP contribution < -0.4 is 28.1 Å². The van der Waals surface area contributed by atoms with Crippen LogP contribution in [0.25, 0.3) is 16.7 Å². The van der Waals surface area contributed by atoms with E-state index in [-0.39, 0.29) is 24.8 Å². The minimum atomic E-state index is -2.69. The molecule has 0 aliphatic heterocycles. The van der Waals surface area contributed by atoms with Crippen LogP contribution in [-0.2, 0) is 27.7 Å². The van der Waals surface area contributed by atoms with Crippen molar-refractivity contribution in [3.05, 3.63) is 163 Å². The molecule has 0 saturated heterocycles. The van der Waals surface area contributed by atoms with E-state index in [9.17, 15) is 0 Å². The van der Waals surface area contributed by atoms with Crippen molar-refractivity contribution in [1.29, 1.82) is 0 Å². The normalized spacial score (nSPS) is 14.4. The van der Waals surface area contributed by atoms with Crippen LogP contribution in [0.4, 0.5) is 0 Å². The molecule has 1 heterocycles. The molecule has 1 aromatic heterocycles. The molecule has 2 aliphatic carbocycles. The first-order valence-corrected chi connectivity index (χ1v) is 17.9. The maximum atomic E-state index is 2.57. The van der Waals surface area contributed by atoms with Crippen molar-refractivity contribution in [1.82, 2.24) is 0 Å². The van der Waals surface area contributed by atoms with Gasteiger partial charge in [-0.2, -0.15) is 0 Å². The van der Waals surface area contributed by atoms with Gasteiger partial charge in [0.2, 0.25) is 0 Å². The number of halogens is 2. The van der Waals surface area contributed by atoms with Gasteiger partial charge in [-0.25, -0.2) is 0 Å². The summed E-state index contributed by atoms with van der Waals surface area (Å²) in [5.41, 5.74) is 10.0. The third-order valence-corrected chi connectivity index (χ3v) is 16.8. The molecule has 5 aromatic rings. The molecule has 4 heteroatoms. The fourth-order valence-corrected chi connectivity index (χ4v) is 15.2. The van der Waals surface area contributed by atoms with Gasteiger partial charge in [0.1, 0.15) is 0 Å². The number of hydrogen-bond donors (Lipinski definition) is 0. The number of rotatable bonds is 5. The number of benzene rings is 4. The topological polar surface area (TPSA) is 0 Å². The monoisotopic (exact) mass is 652 g/mol. The van der Waals surface area contributed by atoms with Crippen molar-refractivity contribution in [2.75, 3.05) is 0 Å². The molecule has 0 amide bonds. The fourth-order valence-electron chi connectivity index (χ4n) is 6.09. The average Bonchev–Trinajstić information content (AvgIpc) is 3.71. The van der Waals surface area contributed by atoms with Gasteiger partial charge < -0.3 is 24.8 Å². The first-order valence-electron chi connectivity index (χ1n) is 13.3. The Morgan fingerprint density at radius 1 is 0.700 bits per heavy atom. The Balaban J connectivity index is 0.00000161. The Morgan fingerprint density at radius 2 is 1.35 bits per heavy atom. The third-order valence-electron chi connectivity index (χ3n) is 7.82. The summed E-state index contributed by atoms with van der Waals surface area (Å²) in [6, 6.07) is 43.0. The number of allylic oxidation sites excluding steroid dienone is 4. The largest absolute Gasteiger partial charge is 1.00 e. The first-order chi connectivity index (χ1) is 18.8. The molecule has 0 radical (unpaired) electrons. The van der Waals surface area contributed by atoms with Crippen LogP contribution in [0, 0.1) is 5.92 Å². The Hall–Kier alpha value is -2.61. The second-order valence-electron chi connectivity index (χ2n) is 10.1. The average molecular weight is 655 g/mol. The molecule has 1 unspecified atom stereocenters. The van der Waals surface area contributed by atoms with Gasteiger partial charge in [-0.3, -0.25) is 0 Å². The predicted octanol–water partition coefficient (Wildman–Crippen LogP) is 2.46. The van der Waals surface area contributed by atoms with E-state index >= 15 is 0 Å². The fraction of sp³-hybridized carbons (Fsp3) is 0.0833. The molecule has 0 nitrogen and oxygen atoms in total. The zero-order valence-corrected chi connectivity index (χ0v) is 26.9. The standard InChI is InChI=1S/C13H9.C13H10.C10H9S.2ClH.Zr/c1-3-7-12-10(5-1)9-11-6-2-4-8-13(11)12;1-3-7-12(8-4-1)11-13-9-5-2-6-10-13;1-8-4-5-9(7-8)10-3-2-6-11-10;;;/h1-5,7-8H,9H2;1-10H;2-3,5-8H,1H3;2*1H;/q;;;;;+2/p-2. The summed E-state index contributed by atoms with van der Waals surface area (Å²) in [5, 5.41) is 2.19. The molecular weight excluding hydrogens is 627 g/mol. The van der Waals surface area contributed by atoms with Gasteiger partial charge in [0, 0.05) is 0 Å². The van der Waals surface area contributed by atoms with E-state index in [1.165, 1.54) is 38.3 Å². The van der Waals surface area contributed by atoms with Crippen molar-refractivity contribution in [3.63, 3.8) is 0 Å². The van der Waals surface area contributed by atoms with E-state index in [2.05, 4.69) is 140 Å². The van der Waals surface area contributed by atoms with Crippen LogP contribution >= 0.6 is 11.3 Å². The minimum absolute atomic E-state index is 0. The van der Waals surface area contributed by atoms with Gasteiger partial charge in [-0.15, -0.1) is 0 Å². The Kier molecular flexibility index (Phi) is 9.03. The van der Waals surface area contributed by atoms with Gasteiger partial charge in [0.05, 0.1) is 0 Å². The Morgan fingerprint density at radius 3 is 2.02 bits per heavy atom. The van der Waals surface area contributed by atoms with Crippen LogP contribution in [0.5, 0.6) is 0 Å². The Labute approximate surface area is 261 Å². The van der Waals surface area contributed by atoms with Gasteiger partial charge in [-0.1, -0.05) is 0 Å². The molecule has 1 atom stereocenters.